The van der Waals surface area contributed by atoms with Gasteiger partial charge in [-0.15, -0.1) is 0 Å². The maximum absolute atomic E-state index is 13.1. The summed E-state index contributed by atoms with van der Waals surface area (Å²) in [6, 6.07) is 15.5. The second kappa shape index (κ2) is 6.16. The summed E-state index contributed by atoms with van der Waals surface area (Å²) in [7, 11) is 0. The molecule has 25 heavy (non-hydrogen) atoms. The van der Waals surface area contributed by atoms with Crippen LogP contribution >= 0.6 is 0 Å². The lowest BCUT2D eigenvalue weighted by atomic mass is 10.1. The molecule has 1 fully saturated rings. The third-order valence-corrected chi connectivity index (χ3v) is 4.89. The van der Waals surface area contributed by atoms with E-state index in [2.05, 4.69) is 0 Å². The van der Waals surface area contributed by atoms with Crippen molar-refractivity contribution in [1.82, 2.24) is 4.90 Å². The molecule has 5 nitrogen and oxygen atoms in total. The van der Waals surface area contributed by atoms with Crippen molar-refractivity contribution in [2.45, 2.75) is 18.9 Å². The van der Waals surface area contributed by atoms with E-state index >= 15 is 0 Å². The van der Waals surface area contributed by atoms with E-state index in [9.17, 15) is 14.4 Å². The largest absolute Gasteiger partial charge is 0.327 e. The molecule has 4 rings (SSSR count). The molecule has 0 bridgehead atoms. The number of Topliss-reactive ketones (excluding diaryl/α,β-unsaturated/α-hetero) is 1. The summed E-state index contributed by atoms with van der Waals surface area (Å²) >= 11 is 0. The summed E-state index contributed by atoms with van der Waals surface area (Å²) in [5.74, 6) is -0.427. The fraction of sp³-hybridized carbons (Fsp3) is 0.250. The van der Waals surface area contributed by atoms with Gasteiger partial charge in [0.15, 0.2) is 5.78 Å². The minimum atomic E-state index is -0.469. The van der Waals surface area contributed by atoms with Crippen LogP contribution < -0.4 is 4.90 Å². The highest BCUT2D eigenvalue weighted by molar-refractivity contribution is 6.14. The van der Waals surface area contributed by atoms with Gasteiger partial charge in [0.05, 0.1) is 17.8 Å². The zero-order valence-electron chi connectivity index (χ0n) is 13.7. The third kappa shape index (κ3) is 2.61. The number of hydrogen-bond donors (Lipinski definition) is 0. The third-order valence-electron chi connectivity index (χ3n) is 4.89. The van der Waals surface area contributed by atoms with Gasteiger partial charge in [-0.2, -0.15) is 0 Å². The molecule has 2 aromatic rings. The number of ketones is 1. The molecule has 126 valence electrons. The topological polar surface area (TPSA) is 57.7 Å². The van der Waals surface area contributed by atoms with Gasteiger partial charge in [0.1, 0.15) is 6.04 Å². The Morgan fingerprint density at radius 1 is 1.00 bits per heavy atom. The monoisotopic (exact) mass is 334 g/mol. The maximum atomic E-state index is 13.1. The lowest BCUT2D eigenvalue weighted by molar-refractivity contribution is -0.122. The minimum Gasteiger partial charge on any atom is -0.327 e. The molecule has 2 aliphatic heterocycles. The van der Waals surface area contributed by atoms with Gasteiger partial charge in [0, 0.05) is 12.1 Å². The Morgan fingerprint density at radius 3 is 2.52 bits per heavy atom. The normalized spacial score (nSPS) is 19.4. The van der Waals surface area contributed by atoms with E-state index in [-0.39, 0.29) is 24.1 Å². The maximum Gasteiger partial charge on any atom is 0.256 e. The molecule has 1 atom stereocenters. The Morgan fingerprint density at radius 2 is 1.72 bits per heavy atom. The molecule has 2 heterocycles. The second-order valence-corrected chi connectivity index (χ2v) is 6.39. The average molecular weight is 334 g/mol. The van der Waals surface area contributed by atoms with Crippen molar-refractivity contribution in [2.24, 2.45) is 0 Å². The summed E-state index contributed by atoms with van der Waals surface area (Å²) < 4.78 is 0. The molecule has 1 saturated heterocycles. The highest BCUT2D eigenvalue weighted by Crippen LogP contribution is 2.32. The van der Waals surface area contributed by atoms with Gasteiger partial charge < -0.3 is 9.80 Å². The molecule has 0 aliphatic carbocycles. The number of rotatable bonds is 3. The average Bonchev–Trinajstić information content (AvgIpc) is 3.13. The lowest BCUT2D eigenvalue weighted by Gasteiger charge is -2.25. The zero-order chi connectivity index (χ0) is 17.4. The van der Waals surface area contributed by atoms with Crippen LogP contribution in [0.25, 0.3) is 0 Å². The van der Waals surface area contributed by atoms with E-state index in [0.717, 1.165) is 6.42 Å². The quantitative estimate of drug-likeness (QED) is 0.811. The van der Waals surface area contributed by atoms with Crippen LogP contribution in [0.4, 0.5) is 5.69 Å². The molecule has 0 unspecified atom stereocenters. The minimum absolute atomic E-state index is 0.0581. The zero-order valence-corrected chi connectivity index (χ0v) is 13.7. The van der Waals surface area contributed by atoms with E-state index in [1.807, 2.05) is 6.07 Å². The van der Waals surface area contributed by atoms with Crippen LogP contribution in [-0.4, -0.2) is 41.6 Å². The van der Waals surface area contributed by atoms with Crippen molar-refractivity contribution in [1.29, 1.82) is 0 Å². The van der Waals surface area contributed by atoms with Crippen LogP contribution in [-0.2, 0) is 4.79 Å². The van der Waals surface area contributed by atoms with Gasteiger partial charge >= 0.3 is 0 Å². The summed E-state index contributed by atoms with van der Waals surface area (Å²) in [6.07, 6.45) is 1.46. The predicted octanol–water partition coefficient (Wildman–Crippen LogP) is 2.52. The number of nitrogens with zero attached hydrogens (tertiary/aromatic N) is 2. The van der Waals surface area contributed by atoms with E-state index in [4.69, 9.17) is 0 Å². The van der Waals surface area contributed by atoms with Gasteiger partial charge in [-0.05, 0) is 25.0 Å². The van der Waals surface area contributed by atoms with Crippen molar-refractivity contribution in [3.63, 3.8) is 0 Å². The van der Waals surface area contributed by atoms with E-state index in [1.165, 1.54) is 4.90 Å². The van der Waals surface area contributed by atoms with Crippen LogP contribution in [0.1, 0.15) is 33.6 Å². The fourth-order valence-corrected chi connectivity index (χ4v) is 3.63. The number of anilines is 1. The van der Waals surface area contributed by atoms with Gasteiger partial charge in [0.25, 0.3) is 5.91 Å². The van der Waals surface area contributed by atoms with Crippen molar-refractivity contribution >= 4 is 23.3 Å². The number of carbonyl (C=O) groups is 3. The summed E-state index contributed by atoms with van der Waals surface area (Å²) in [5.41, 5.74) is 1.57. The number of carbonyl (C=O) groups excluding carboxylic acids is 3. The SMILES string of the molecule is O=C(CN1C(=O)[C@@H]2CCCN2C(=O)c2ccccc21)c1ccccc1. The van der Waals surface area contributed by atoms with Crippen molar-refractivity contribution in [3.05, 3.63) is 65.7 Å². The molecule has 5 heteroatoms. The number of para-hydroxylation sites is 1. The summed E-state index contributed by atoms with van der Waals surface area (Å²) in [6.45, 7) is 0.529. The van der Waals surface area contributed by atoms with Crippen molar-refractivity contribution in [3.8, 4) is 0 Å². The first-order chi connectivity index (χ1) is 12.2. The Hall–Kier alpha value is -2.95. The summed E-state index contributed by atoms with van der Waals surface area (Å²) in [4.78, 5) is 41.7. The van der Waals surface area contributed by atoms with Gasteiger partial charge in [-0.3, -0.25) is 14.4 Å². The molecule has 0 saturated carbocycles. The van der Waals surface area contributed by atoms with Crippen molar-refractivity contribution < 1.29 is 14.4 Å². The Balaban J connectivity index is 1.74. The molecule has 2 aliphatic rings. The molecule has 0 radical (unpaired) electrons. The van der Waals surface area contributed by atoms with Gasteiger partial charge in [-0.1, -0.05) is 42.5 Å². The highest BCUT2D eigenvalue weighted by Gasteiger charge is 2.42. The van der Waals surface area contributed by atoms with Crippen LogP contribution in [0.2, 0.25) is 0 Å². The first-order valence-electron chi connectivity index (χ1n) is 8.46. The summed E-state index contributed by atoms with van der Waals surface area (Å²) in [5, 5.41) is 0. The molecule has 0 aromatic heterocycles. The predicted molar refractivity (Wildman–Crippen MR) is 93.6 cm³/mol. The van der Waals surface area contributed by atoms with Crippen LogP contribution in [0.5, 0.6) is 0 Å². The van der Waals surface area contributed by atoms with E-state index < -0.39 is 6.04 Å². The van der Waals surface area contributed by atoms with Crippen LogP contribution in [0.15, 0.2) is 54.6 Å². The highest BCUT2D eigenvalue weighted by atomic mass is 16.2. The first kappa shape index (κ1) is 15.6. The Bertz CT molecular complexity index is 847. The van der Waals surface area contributed by atoms with E-state index in [1.54, 1.807) is 53.4 Å². The van der Waals surface area contributed by atoms with Crippen molar-refractivity contribution in [2.75, 3.05) is 18.0 Å². The number of benzene rings is 2. The first-order valence-corrected chi connectivity index (χ1v) is 8.46. The smallest absolute Gasteiger partial charge is 0.256 e. The fourth-order valence-electron chi connectivity index (χ4n) is 3.63. The molecule has 2 amide bonds. The number of hydrogen-bond acceptors (Lipinski definition) is 3. The molecular formula is C20H18N2O3. The Labute approximate surface area is 145 Å². The number of fused-ring (bicyclic) bond motifs is 2. The van der Waals surface area contributed by atoms with E-state index in [0.29, 0.717) is 29.8 Å². The standard InChI is InChI=1S/C20H18N2O3/c23-18(14-7-2-1-3-8-14)13-22-16-10-5-4-9-15(16)19(24)21-12-6-11-17(21)20(22)25/h1-5,7-10,17H,6,11-13H2/t17-/m0/s1. The van der Waals surface area contributed by atoms with Crippen LogP contribution in [0.3, 0.4) is 0 Å². The lowest BCUT2D eigenvalue weighted by Crippen LogP contribution is -2.46. The van der Waals surface area contributed by atoms with Crippen LogP contribution in [0, 0.1) is 0 Å². The molecule has 0 N–H and O–H groups in total. The molecule has 2 aromatic carbocycles. The van der Waals surface area contributed by atoms with Gasteiger partial charge in [0.2, 0.25) is 5.91 Å². The van der Waals surface area contributed by atoms with Gasteiger partial charge in [-0.25, -0.2) is 0 Å². The Kier molecular flexibility index (Phi) is 3.84. The second-order valence-electron chi connectivity index (χ2n) is 6.39. The molecular weight excluding hydrogens is 316 g/mol. The molecule has 0 spiro atoms. The number of amides is 2.